The van der Waals surface area contributed by atoms with E-state index in [4.69, 9.17) is 5.73 Å². The van der Waals surface area contributed by atoms with Crippen molar-refractivity contribution in [2.75, 3.05) is 18.5 Å². The van der Waals surface area contributed by atoms with Gasteiger partial charge in [-0.3, -0.25) is 4.79 Å². The Labute approximate surface area is 105 Å². The summed E-state index contributed by atoms with van der Waals surface area (Å²) >= 11 is 1.52. The first-order chi connectivity index (χ1) is 8.04. The predicted octanol–water partition coefficient (Wildman–Crippen LogP) is 1.14. The Kier molecular flexibility index (Phi) is 3.42. The predicted molar refractivity (Wildman–Crippen MR) is 69.2 cm³/mol. The molecule has 0 saturated carbocycles. The van der Waals surface area contributed by atoms with Gasteiger partial charge in [-0.15, -0.1) is 11.8 Å². The lowest BCUT2D eigenvalue weighted by Gasteiger charge is -2.29. The van der Waals surface area contributed by atoms with E-state index in [9.17, 15) is 9.90 Å². The highest BCUT2D eigenvalue weighted by atomic mass is 32.2. The Bertz CT molecular complexity index is 450. The SMILES string of the molecule is CC1Sc2cc(C(O)CN)ccc2N(C)C1=O. The largest absolute Gasteiger partial charge is 0.387 e. The van der Waals surface area contributed by atoms with E-state index in [-0.39, 0.29) is 17.7 Å². The molecule has 4 nitrogen and oxygen atoms in total. The van der Waals surface area contributed by atoms with Gasteiger partial charge in [0, 0.05) is 18.5 Å². The molecule has 5 heteroatoms. The molecule has 0 spiro atoms. The summed E-state index contributed by atoms with van der Waals surface area (Å²) in [5, 5.41) is 9.61. The van der Waals surface area contributed by atoms with Gasteiger partial charge in [0.15, 0.2) is 0 Å². The molecule has 1 aliphatic rings. The lowest BCUT2D eigenvalue weighted by atomic mass is 10.1. The zero-order valence-corrected chi connectivity index (χ0v) is 10.7. The third-order valence-corrected chi connectivity index (χ3v) is 4.07. The van der Waals surface area contributed by atoms with Crippen LogP contribution in [0.25, 0.3) is 0 Å². The first-order valence-corrected chi connectivity index (χ1v) is 6.39. The van der Waals surface area contributed by atoms with E-state index >= 15 is 0 Å². The maximum Gasteiger partial charge on any atom is 0.239 e. The van der Waals surface area contributed by atoms with Crippen LogP contribution in [0.5, 0.6) is 0 Å². The fourth-order valence-corrected chi connectivity index (χ4v) is 3.05. The van der Waals surface area contributed by atoms with Crippen molar-refractivity contribution in [1.82, 2.24) is 0 Å². The van der Waals surface area contributed by atoms with E-state index in [1.807, 2.05) is 25.1 Å². The monoisotopic (exact) mass is 252 g/mol. The van der Waals surface area contributed by atoms with Crippen LogP contribution >= 0.6 is 11.8 Å². The van der Waals surface area contributed by atoms with Crippen molar-refractivity contribution < 1.29 is 9.90 Å². The standard InChI is InChI=1S/C12H16N2O2S/c1-7-12(16)14(2)9-4-3-8(10(15)6-13)5-11(9)17-7/h3-5,7,10,15H,6,13H2,1-2H3. The minimum absolute atomic E-state index is 0.0854. The average molecular weight is 252 g/mol. The second kappa shape index (κ2) is 4.68. The Morgan fingerprint density at radius 3 is 2.94 bits per heavy atom. The van der Waals surface area contributed by atoms with Gasteiger partial charge in [-0.2, -0.15) is 0 Å². The number of carbonyl (C=O) groups is 1. The second-order valence-corrected chi connectivity index (χ2v) is 5.52. The van der Waals surface area contributed by atoms with Crippen LogP contribution in [0, 0.1) is 0 Å². The van der Waals surface area contributed by atoms with Gasteiger partial charge in [-0.05, 0) is 24.6 Å². The Balaban J connectivity index is 2.40. The van der Waals surface area contributed by atoms with Gasteiger partial charge in [-0.1, -0.05) is 6.07 Å². The number of rotatable bonds is 2. The minimum Gasteiger partial charge on any atom is -0.387 e. The molecule has 17 heavy (non-hydrogen) atoms. The summed E-state index contributed by atoms with van der Waals surface area (Å²) in [7, 11) is 1.77. The van der Waals surface area contributed by atoms with Crippen LogP contribution in [0.4, 0.5) is 5.69 Å². The minimum atomic E-state index is -0.640. The summed E-state index contributed by atoms with van der Waals surface area (Å²) in [6.45, 7) is 2.09. The number of aliphatic hydroxyl groups excluding tert-OH is 1. The van der Waals surface area contributed by atoms with Gasteiger partial charge in [0.2, 0.25) is 5.91 Å². The van der Waals surface area contributed by atoms with Gasteiger partial charge < -0.3 is 15.7 Å². The Morgan fingerprint density at radius 2 is 2.29 bits per heavy atom. The van der Waals surface area contributed by atoms with E-state index in [0.717, 1.165) is 16.1 Å². The van der Waals surface area contributed by atoms with Crippen LogP contribution in [0.15, 0.2) is 23.1 Å². The van der Waals surface area contributed by atoms with Gasteiger partial charge in [-0.25, -0.2) is 0 Å². The zero-order chi connectivity index (χ0) is 12.6. The van der Waals surface area contributed by atoms with Crippen molar-refractivity contribution in [2.24, 2.45) is 5.73 Å². The van der Waals surface area contributed by atoms with Crippen molar-refractivity contribution in [3.05, 3.63) is 23.8 Å². The number of aliphatic hydroxyl groups is 1. The van der Waals surface area contributed by atoms with Crippen molar-refractivity contribution in [1.29, 1.82) is 0 Å². The number of thioether (sulfide) groups is 1. The fraction of sp³-hybridized carbons (Fsp3) is 0.417. The second-order valence-electron chi connectivity index (χ2n) is 4.14. The van der Waals surface area contributed by atoms with Crippen LogP contribution in [-0.4, -0.2) is 29.9 Å². The van der Waals surface area contributed by atoms with E-state index in [1.165, 1.54) is 11.8 Å². The normalized spacial score (nSPS) is 21.3. The molecule has 1 aromatic rings. The molecule has 0 fully saturated rings. The van der Waals surface area contributed by atoms with Crippen molar-refractivity contribution in [3.8, 4) is 0 Å². The molecule has 0 radical (unpaired) electrons. The molecule has 2 rings (SSSR count). The molecule has 2 atom stereocenters. The highest BCUT2D eigenvalue weighted by Crippen LogP contribution is 2.39. The first kappa shape index (κ1) is 12.4. The molecule has 2 unspecified atom stereocenters. The van der Waals surface area contributed by atoms with Crippen LogP contribution < -0.4 is 10.6 Å². The third-order valence-electron chi connectivity index (χ3n) is 2.94. The van der Waals surface area contributed by atoms with Gasteiger partial charge >= 0.3 is 0 Å². The van der Waals surface area contributed by atoms with Gasteiger partial charge in [0.05, 0.1) is 17.0 Å². The van der Waals surface area contributed by atoms with Crippen molar-refractivity contribution in [2.45, 2.75) is 23.2 Å². The molecule has 1 aliphatic heterocycles. The highest BCUT2D eigenvalue weighted by molar-refractivity contribution is 8.00. The Hall–Kier alpha value is -1.04. The molecule has 0 aromatic heterocycles. The van der Waals surface area contributed by atoms with E-state index in [0.29, 0.717) is 0 Å². The average Bonchev–Trinajstić information content (AvgIpc) is 2.34. The van der Waals surface area contributed by atoms with Crippen LogP contribution in [-0.2, 0) is 4.79 Å². The lowest BCUT2D eigenvalue weighted by molar-refractivity contribution is -0.117. The summed E-state index contributed by atoms with van der Waals surface area (Å²) in [5.74, 6) is 0.106. The molecule has 0 aliphatic carbocycles. The lowest BCUT2D eigenvalue weighted by Crippen LogP contribution is -2.36. The topological polar surface area (TPSA) is 66.6 Å². The van der Waals surface area contributed by atoms with E-state index < -0.39 is 6.10 Å². The van der Waals surface area contributed by atoms with Crippen molar-refractivity contribution in [3.63, 3.8) is 0 Å². The van der Waals surface area contributed by atoms with Crippen LogP contribution in [0.2, 0.25) is 0 Å². The molecule has 0 saturated heterocycles. The number of nitrogens with zero attached hydrogens (tertiary/aromatic N) is 1. The molecular weight excluding hydrogens is 236 g/mol. The number of nitrogens with two attached hydrogens (primary N) is 1. The molecule has 0 bridgehead atoms. The number of anilines is 1. The maximum atomic E-state index is 11.8. The third kappa shape index (κ3) is 2.18. The number of hydrogen-bond donors (Lipinski definition) is 2. The van der Waals surface area contributed by atoms with Gasteiger partial charge in [0.25, 0.3) is 0 Å². The maximum absolute atomic E-state index is 11.8. The number of amides is 1. The number of hydrogen-bond acceptors (Lipinski definition) is 4. The summed E-state index contributed by atoms with van der Waals surface area (Å²) < 4.78 is 0. The number of fused-ring (bicyclic) bond motifs is 1. The van der Waals surface area contributed by atoms with E-state index in [1.54, 1.807) is 11.9 Å². The smallest absolute Gasteiger partial charge is 0.239 e. The summed E-state index contributed by atoms with van der Waals surface area (Å²) in [6, 6.07) is 5.59. The molecule has 1 amide bonds. The Morgan fingerprint density at radius 1 is 1.59 bits per heavy atom. The summed E-state index contributed by atoms with van der Waals surface area (Å²) in [6.07, 6.45) is -0.640. The summed E-state index contributed by atoms with van der Waals surface area (Å²) in [4.78, 5) is 14.5. The molecule has 1 heterocycles. The quantitative estimate of drug-likeness (QED) is 0.828. The number of benzene rings is 1. The van der Waals surface area contributed by atoms with Crippen LogP contribution in [0.3, 0.4) is 0 Å². The van der Waals surface area contributed by atoms with Crippen LogP contribution in [0.1, 0.15) is 18.6 Å². The summed E-state index contributed by atoms with van der Waals surface area (Å²) in [5.41, 5.74) is 7.13. The van der Waals surface area contributed by atoms with E-state index in [2.05, 4.69) is 0 Å². The highest BCUT2D eigenvalue weighted by Gasteiger charge is 2.28. The molecule has 92 valence electrons. The molecule has 1 aromatic carbocycles. The first-order valence-electron chi connectivity index (χ1n) is 5.51. The van der Waals surface area contributed by atoms with Crippen molar-refractivity contribution >= 4 is 23.4 Å². The van der Waals surface area contributed by atoms with Gasteiger partial charge in [0.1, 0.15) is 0 Å². The zero-order valence-electron chi connectivity index (χ0n) is 9.88. The molecular formula is C12H16N2O2S. The molecule has 3 N–H and O–H groups in total. The fourth-order valence-electron chi connectivity index (χ4n) is 1.88. The number of carbonyl (C=O) groups excluding carboxylic acids is 1.